The molecule has 0 saturated carbocycles. The van der Waals surface area contributed by atoms with Gasteiger partial charge in [0, 0.05) is 11.9 Å². The zero-order chi connectivity index (χ0) is 39.8. The number of carboxylic acids is 1. The zero-order valence-corrected chi connectivity index (χ0v) is 35.5. The van der Waals surface area contributed by atoms with Crippen LogP contribution in [-0.4, -0.2) is 80.2 Å². The number of halogens is 1. The second-order valence-corrected chi connectivity index (χ2v) is 16.1. The van der Waals surface area contributed by atoms with E-state index in [4.69, 9.17) is 23.8 Å². The van der Waals surface area contributed by atoms with Crippen molar-refractivity contribution in [2.24, 2.45) is 12.2 Å². The van der Waals surface area contributed by atoms with Crippen molar-refractivity contribution in [1.82, 2.24) is 15.0 Å². The van der Waals surface area contributed by atoms with Crippen LogP contribution >= 0.6 is 11.3 Å². The summed E-state index contributed by atoms with van der Waals surface area (Å²) in [6, 6.07) is 7.17. The number of hydrogen-bond acceptors (Lipinski definition) is 12. The smallest absolute Gasteiger partial charge is 0.413 e. The van der Waals surface area contributed by atoms with Crippen molar-refractivity contribution in [3.63, 3.8) is 0 Å². The molecular weight excluding hydrogens is 835 g/mol. The Morgan fingerprint density at radius 2 is 1.48 bits per heavy atom. The molecule has 3 aromatic rings. The predicted octanol–water partition coefficient (Wildman–Crippen LogP) is 2.69. The molecule has 2 aromatic heterocycles. The molecule has 0 fully saturated rings. The third-order valence-electron chi connectivity index (χ3n) is 6.68. The lowest BCUT2D eigenvalue weighted by molar-refractivity contribution is -0.753. The fourth-order valence-corrected chi connectivity index (χ4v) is 5.00. The number of aryl methyl sites for hydroxylation is 2. The second-order valence-electron chi connectivity index (χ2n) is 15.3. The highest BCUT2D eigenvalue weighted by Gasteiger charge is 2.42. The molecule has 0 bridgehead atoms. The standard InChI is InChI=1S/C36H50N6O10S.HI/c1-33(2,3)49-29(45)36(10,52-40-27(28(43)44)26-21-53-30(38-26)39-32(47)51-35(7,8)9)22-48-25-15-13-23(14-16-25)24-19-41(11)42(20-24)18-12-17-37-31(46)50-34(4,5)6;/h13-16,19-21H,12,17-18,22H2,1-11H3,(H2-,37,38,39,43,44,46,47);1H/b40-27-;. The highest BCUT2D eigenvalue weighted by atomic mass is 127. The van der Waals surface area contributed by atoms with E-state index in [0.717, 1.165) is 22.5 Å². The van der Waals surface area contributed by atoms with Gasteiger partial charge in [-0.05, 0) is 93.4 Å². The average Bonchev–Trinajstić information content (AvgIpc) is 3.61. The van der Waals surface area contributed by atoms with E-state index in [0.29, 0.717) is 25.3 Å². The zero-order valence-electron chi connectivity index (χ0n) is 32.6. The lowest BCUT2D eigenvalue weighted by Crippen LogP contribution is -3.00. The van der Waals surface area contributed by atoms with E-state index in [1.54, 1.807) is 53.7 Å². The van der Waals surface area contributed by atoms with Gasteiger partial charge in [0.05, 0.1) is 18.3 Å². The predicted molar refractivity (Wildman–Crippen MR) is 197 cm³/mol. The maximum atomic E-state index is 13.4. The van der Waals surface area contributed by atoms with E-state index >= 15 is 0 Å². The number of aromatic nitrogens is 3. The van der Waals surface area contributed by atoms with Crippen molar-refractivity contribution in [2.45, 2.75) is 105 Å². The molecule has 0 aliphatic heterocycles. The first kappa shape index (κ1) is 45.7. The summed E-state index contributed by atoms with van der Waals surface area (Å²) in [5.41, 5.74) is -2.97. The monoisotopic (exact) mass is 886 g/mol. The van der Waals surface area contributed by atoms with E-state index in [1.807, 2.05) is 61.7 Å². The van der Waals surface area contributed by atoms with Crippen LogP contribution in [0.4, 0.5) is 14.7 Å². The normalized spacial score (nSPS) is 13.1. The molecule has 2 heterocycles. The highest BCUT2D eigenvalue weighted by Crippen LogP contribution is 2.25. The van der Waals surface area contributed by atoms with Crippen LogP contribution in [0.5, 0.6) is 5.75 Å². The number of anilines is 1. The lowest BCUT2D eigenvalue weighted by atomic mass is 10.1. The summed E-state index contributed by atoms with van der Waals surface area (Å²) in [5.74, 6) is -1.92. The van der Waals surface area contributed by atoms with Crippen LogP contribution in [0.3, 0.4) is 0 Å². The summed E-state index contributed by atoms with van der Waals surface area (Å²) < 4.78 is 26.0. The number of oxime groups is 1. The number of nitrogens with one attached hydrogen (secondary N) is 2. The van der Waals surface area contributed by atoms with Gasteiger partial charge in [0.2, 0.25) is 11.9 Å². The SMILES string of the molecule is C[n+]1cc(-c2ccc(OCC(C)(O/N=C(\C(=O)O)c3csc(NC(=O)OC(C)(C)C)n3)C(=O)OC(C)(C)C)cc2)cn1CCCNC(=O)OC(C)(C)C.[I-]. The molecular formula is C36H51IN6O10S. The van der Waals surface area contributed by atoms with Gasteiger partial charge in [0.25, 0.3) is 5.60 Å². The number of thiazole rings is 1. The van der Waals surface area contributed by atoms with Crippen molar-refractivity contribution >= 4 is 46.3 Å². The summed E-state index contributed by atoms with van der Waals surface area (Å²) >= 11 is 0.953. The largest absolute Gasteiger partial charge is 1.00 e. The number of benzene rings is 1. The molecule has 0 radical (unpaired) electrons. The molecule has 16 nitrogen and oxygen atoms in total. The first-order valence-corrected chi connectivity index (χ1v) is 17.8. The Hall–Kier alpha value is -4.46. The molecule has 54 heavy (non-hydrogen) atoms. The Balaban J connectivity index is 0.0000101. The molecule has 18 heteroatoms. The van der Waals surface area contributed by atoms with Gasteiger partial charge in [0.15, 0.2) is 12.2 Å². The Morgan fingerprint density at radius 3 is 2.06 bits per heavy atom. The van der Waals surface area contributed by atoms with Crippen molar-refractivity contribution in [1.29, 1.82) is 0 Å². The van der Waals surface area contributed by atoms with E-state index in [1.165, 1.54) is 12.3 Å². The summed E-state index contributed by atoms with van der Waals surface area (Å²) in [7, 11) is 1.92. The number of amides is 2. The fraction of sp³-hybridized carbons (Fsp3) is 0.528. The van der Waals surface area contributed by atoms with Crippen molar-refractivity contribution < 1.29 is 76.7 Å². The molecule has 1 atom stereocenters. The Morgan fingerprint density at radius 1 is 0.889 bits per heavy atom. The van der Waals surface area contributed by atoms with Crippen molar-refractivity contribution in [3.8, 4) is 16.9 Å². The van der Waals surface area contributed by atoms with Gasteiger partial charge in [0.1, 0.15) is 34.9 Å². The maximum Gasteiger partial charge on any atom is 0.413 e. The molecule has 3 N–H and O–H groups in total. The van der Waals surface area contributed by atoms with Gasteiger partial charge in [-0.3, -0.25) is 5.32 Å². The molecule has 1 unspecified atom stereocenters. The number of carboxylic acid groups (broad SMARTS) is 1. The van der Waals surface area contributed by atoms with Gasteiger partial charge in [-0.25, -0.2) is 24.2 Å². The van der Waals surface area contributed by atoms with Crippen LogP contribution in [0.1, 0.15) is 81.4 Å². The quantitative estimate of drug-likeness (QED) is 0.0410. The number of carbonyl (C=O) groups excluding carboxylic acids is 3. The lowest BCUT2D eigenvalue weighted by Gasteiger charge is -2.29. The molecule has 3 rings (SSSR count). The van der Waals surface area contributed by atoms with Crippen LogP contribution in [0, 0.1) is 0 Å². The number of carbonyl (C=O) groups is 4. The summed E-state index contributed by atoms with van der Waals surface area (Å²) in [4.78, 5) is 59.3. The van der Waals surface area contributed by atoms with Crippen LogP contribution in [0.15, 0.2) is 47.2 Å². The number of ether oxygens (including phenoxy) is 4. The van der Waals surface area contributed by atoms with E-state index in [2.05, 4.69) is 20.8 Å². The Kier molecular flexibility index (Phi) is 15.8. The van der Waals surface area contributed by atoms with E-state index in [9.17, 15) is 24.3 Å². The first-order valence-electron chi connectivity index (χ1n) is 16.9. The van der Waals surface area contributed by atoms with Gasteiger partial charge < -0.3 is 58.2 Å². The minimum absolute atomic E-state index is 0. The van der Waals surface area contributed by atoms with Crippen LogP contribution in [0.2, 0.25) is 0 Å². The van der Waals surface area contributed by atoms with Gasteiger partial charge in [-0.2, -0.15) is 4.68 Å². The molecule has 298 valence electrons. The number of nitrogens with zero attached hydrogens (tertiary/aromatic N) is 4. The van der Waals surface area contributed by atoms with Crippen LogP contribution < -0.4 is 44.0 Å². The topological polar surface area (TPSA) is 193 Å². The minimum Gasteiger partial charge on any atom is -1.00 e. The van der Waals surface area contributed by atoms with Crippen molar-refractivity contribution in [3.05, 3.63) is 47.7 Å². The molecule has 0 aliphatic carbocycles. The Bertz CT molecular complexity index is 1790. The number of hydrogen-bond donors (Lipinski definition) is 3. The molecule has 0 saturated heterocycles. The van der Waals surface area contributed by atoms with E-state index < -0.39 is 52.2 Å². The van der Waals surface area contributed by atoms with Gasteiger partial charge >= 0.3 is 24.1 Å². The molecule has 0 spiro atoms. The average molecular weight is 887 g/mol. The van der Waals surface area contributed by atoms with E-state index in [-0.39, 0.29) is 41.4 Å². The maximum absolute atomic E-state index is 13.4. The molecule has 1 aromatic carbocycles. The van der Waals surface area contributed by atoms with Gasteiger partial charge in [-0.15, -0.1) is 16.0 Å². The summed E-state index contributed by atoms with van der Waals surface area (Å²) in [6.45, 7) is 17.7. The number of rotatable bonds is 14. The Labute approximate surface area is 336 Å². The minimum atomic E-state index is -1.89. The van der Waals surface area contributed by atoms with Crippen LogP contribution in [0.25, 0.3) is 11.1 Å². The fourth-order valence-electron chi connectivity index (χ4n) is 4.32. The van der Waals surface area contributed by atoms with Crippen LogP contribution in [-0.2, 0) is 42.2 Å². The molecule has 0 aliphatic rings. The number of esters is 1. The highest BCUT2D eigenvalue weighted by molar-refractivity contribution is 7.14. The summed E-state index contributed by atoms with van der Waals surface area (Å²) in [6.07, 6.45) is 3.45. The third kappa shape index (κ3) is 15.1. The van der Waals surface area contributed by atoms with Crippen molar-refractivity contribution in [2.75, 3.05) is 18.5 Å². The third-order valence-corrected chi connectivity index (χ3v) is 7.44. The number of alkyl carbamates (subject to hydrolysis) is 1. The number of aliphatic carboxylic acids is 1. The first-order chi connectivity index (χ1) is 24.4. The van der Waals surface area contributed by atoms with Gasteiger partial charge in [-0.1, -0.05) is 17.3 Å². The summed E-state index contributed by atoms with van der Waals surface area (Å²) in [5, 5.41) is 20.4. The molecule has 2 amide bonds. The second kappa shape index (κ2) is 18.7.